The van der Waals surface area contributed by atoms with Crippen molar-refractivity contribution in [3.05, 3.63) is 18.1 Å². The second kappa shape index (κ2) is 7.17. The van der Waals surface area contributed by atoms with E-state index in [9.17, 15) is 0 Å². The minimum Gasteiger partial charge on any atom is -0.477 e. The van der Waals surface area contributed by atoms with Crippen LogP contribution in [0.3, 0.4) is 0 Å². The molecule has 1 aromatic rings. The van der Waals surface area contributed by atoms with Crippen LogP contribution in [0.25, 0.3) is 0 Å². The third kappa shape index (κ3) is 4.57. The van der Waals surface area contributed by atoms with E-state index in [0.717, 1.165) is 31.4 Å². The fourth-order valence-corrected chi connectivity index (χ4v) is 1.50. The van der Waals surface area contributed by atoms with Crippen LogP contribution >= 0.6 is 0 Å². The molecule has 90 valence electrons. The molecule has 4 nitrogen and oxygen atoms in total. The maximum absolute atomic E-state index is 5.96. The molecule has 1 heterocycles. The van der Waals surface area contributed by atoms with Crippen LogP contribution in [0.15, 0.2) is 12.4 Å². The first-order valence-electron chi connectivity index (χ1n) is 5.95. The molecule has 0 aliphatic carbocycles. The van der Waals surface area contributed by atoms with Crippen molar-refractivity contribution in [2.75, 3.05) is 6.61 Å². The minimum absolute atomic E-state index is 0.167. The van der Waals surface area contributed by atoms with Gasteiger partial charge < -0.3 is 10.5 Å². The zero-order valence-electron chi connectivity index (χ0n) is 10.1. The van der Waals surface area contributed by atoms with E-state index < -0.39 is 0 Å². The van der Waals surface area contributed by atoms with Crippen LogP contribution in [0.1, 0.15) is 38.8 Å². The predicted molar refractivity (Wildman–Crippen MR) is 64.4 cm³/mol. The van der Waals surface area contributed by atoms with Gasteiger partial charge in [0.15, 0.2) is 0 Å². The Labute approximate surface area is 97.2 Å². The van der Waals surface area contributed by atoms with Gasteiger partial charge in [0, 0.05) is 18.7 Å². The Bertz CT molecular complexity index is 304. The largest absolute Gasteiger partial charge is 0.477 e. The van der Waals surface area contributed by atoms with Crippen LogP contribution in [0.2, 0.25) is 0 Å². The molecule has 0 radical (unpaired) electrons. The highest BCUT2D eigenvalue weighted by atomic mass is 16.5. The van der Waals surface area contributed by atoms with E-state index >= 15 is 0 Å². The number of ether oxygens (including phenoxy) is 1. The normalized spacial score (nSPS) is 12.4. The van der Waals surface area contributed by atoms with Gasteiger partial charge in [-0.05, 0) is 12.8 Å². The van der Waals surface area contributed by atoms with Gasteiger partial charge in [0.05, 0.1) is 18.5 Å². The highest BCUT2D eigenvalue weighted by molar-refractivity contribution is 5.09. The lowest BCUT2D eigenvalue weighted by molar-refractivity contribution is 0.302. The molecule has 0 amide bonds. The smallest absolute Gasteiger partial charge is 0.232 e. The summed E-state index contributed by atoms with van der Waals surface area (Å²) in [6.45, 7) is 4.87. The van der Waals surface area contributed by atoms with Crippen LogP contribution in [0, 0.1) is 0 Å². The summed E-state index contributed by atoms with van der Waals surface area (Å²) in [6.07, 6.45) is 7.26. The number of nitrogens with two attached hydrogens (primary N) is 1. The van der Waals surface area contributed by atoms with Crippen molar-refractivity contribution in [2.24, 2.45) is 5.73 Å². The molecule has 0 saturated carbocycles. The Morgan fingerprint density at radius 1 is 1.31 bits per heavy atom. The van der Waals surface area contributed by atoms with Crippen LogP contribution in [-0.2, 0) is 6.42 Å². The van der Waals surface area contributed by atoms with Crippen molar-refractivity contribution in [3.63, 3.8) is 0 Å². The minimum atomic E-state index is 0.167. The summed E-state index contributed by atoms with van der Waals surface area (Å²) < 4.78 is 5.42. The highest BCUT2D eigenvalue weighted by Gasteiger charge is 2.05. The molecule has 0 aliphatic heterocycles. The first-order valence-corrected chi connectivity index (χ1v) is 5.95. The lowest BCUT2D eigenvalue weighted by atomic mass is 10.1. The molecule has 1 rings (SSSR count). The van der Waals surface area contributed by atoms with E-state index in [2.05, 4.69) is 23.8 Å². The van der Waals surface area contributed by atoms with Gasteiger partial charge in [-0.2, -0.15) is 0 Å². The molecule has 4 heteroatoms. The Balaban J connectivity index is 2.52. The molecule has 0 bridgehead atoms. The van der Waals surface area contributed by atoms with Crippen LogP contribution in [-0.4, -0.2) is 22.6 Å². The molecular weight excluding hydrogens is 202 g/mol. The summed E-state index contributed by atoms with van der Waals surface area (Å²) >= 11 is 0. The summed E-state index contributed by atoms with van der Waals surface area (Å²) in [5.74, 6) is 0.600. The van der Waals surface area contributed by atoms with Gasteiger partial charge >= 0.3 is 0 Å². The molecule has 0 aliphatic rings. The Hall–Kier alpha value is -1.16. The lowest BCUT2D eigenvalue weighted by Gasteiger charge is -2.10. The second-order valence-corrected chi connectivity index (χ2v) is 3.95. The monoisotopic (exact) mass is 223 g/mol. The zero-order valence-corrected chi connectivity index (χ0v) is 10.1. The van der Waals surface area contributed by atoms with E-state index in [0.29, 0.717) is 12.5 Å². The molecular formula is C12H21N3O. The third-order valence-electron chi connectivity index (χ3n) is 2.25. The Morgan fingerprint density at radius 2 is 2.12 bits per heavy atom. The summed E-state index contributed by atoms with van der Waals surface area (Å²) in [5, 5.41) is 0. The van der Waals surface area contributed by atoms with Crippen LogP contribution in [0.5, 0.6) is 5.88 Å². The summed E-state index contributed by atoms with van der Waals surface area (Å²) in [4.78, 5) is 8.48. The molecule has 0 aromatic carbocycles. The fraction of sp³-hybridized carbons (Fsp3) is 0.667. The molecule has 1 atom stereocenters. The van der Waals surface area contributed by atoms with Crippen molar-refractivity contribution < 1.29 is 4.74 Å². The number of hydrogen-bond donors (Lipinski definition) is 1. The third-order valence-corrected chi connectivity index (χ3v) is 2.25. The van der Waals surface area contributed by atoms with Crippen molar-refractivity contribution in [1.82, 2.24) is 9.97 Å². The van der Waals surface area contributed by atoms with Gasteiger partial charge in [-0.25, -0.2) is 4.98 Å². The molecule has 1 unspecified atom stereocenters. The Morgan fingerprint density at radius 3 is 2.81 bits per heavy atom. The number of rotatable bonds is 7. The van der Waals surface area contributed by atoms with Crippen LogP contribution < -0.4 is 10.5 Å². The summed E-state index contributed by atoms with van der Waals surface area (Å²) in [5.41, 5.74) is 6.87. The van der Waals surface area contributed by atoms with Crippen molar-refractivity contribution in [3.8, 4) is 5.88 Å². The van der Waals surface area contributed by atoms with Crippen LogP contribution in [0.4, 0.5) is 0 Å². The highest BCUT2D eigenvalue weighted by Crippen LogP contribution is 2.08. The first kappa shape index (κ1) is 12.9. The van der Waals surface area contributed by atoms with E-state index in [4.69, 9.17) is 10.5 Å². The maximum Gasteiger partial charge on any atom is 0.232 e. The topological polar surface area (TPSA) is 61.0 Å². The van der Waals surface area contributed by atoms with Gasteiger partial charge in [0.1, 0.15) is 0 Å². The second-order valence-electron chi connectivity index (χ2n) is 3.95. The number of nitrogens with zero attached hydrogens (tertiary/aromatic N) is 2. The van der Waals surface area contributed by atoms with Gasteiger partial charge in [0.2, 0.25) is 5.88 Å². The molecule has 0 spiro atoms. The molecule has 1 aromatic heterocycles. The molecule has 2 N–H and O–H groups in total. The van der Waals surface area contributed by atoms with Gasteiger partial charge in [-0.3, -0.25) is 4.98 Å². The predicted octanol–water partition coefficient (Wildman–Crippen LogP) is 1.94. The van der Waals surface area contributed by atoms with E-state index in [1.807, 2.05) is 0 Å². The number of hydrogen-bond acceptors (Lipinski definition) is 4. The average molecular weight is 223 g/mol. The zero-order chi connectivity index (χ0) is 11.8. The van der Waals surface area contributed by atoms with Gasteiger partial charge in [-0.15, -0.1) is 0 Å². The average Bonchev–Trinajstić information content (AvgIpc) is 2.27. The summed E-state index contributed by atoms with van der Waals surface area (Å²) in [6, 6.07) is 0.167. The standard InChI is InChI=1S/C12H21N3O/c1-3-5-10(13)7-11-8-14-9-12(15-11)16-6-4-2/h8-10H,3-7,13H2,1-2H3. The quantitative estimate of drug-likeness (QED) is 0.767. The van der Waals surface area contributed by atoms with E-state index in [-0.39, 0.29) is 6.04 Å². The maximum atomic E-state index is 5.96. The summed E-state index contributed by atoms with van der Waals surface area (Å²) in [7, 11) is 0. The van der Waals surface area contributed by atoms with Crippen molar-refractivity contribution in [2.45, 2.75) is 45.6 Å². The molecule has 16 heavy (non-hydrogen) atoms. The molecule has 0 saturated heterocycles. The van der Waals surface area contributed by atoms with E-state index in [1.54, 1.807) is 12.4 Å². The lowest BCUT2D eigenvalue weighted by Crippen LogP contribution is -2.23. The van der Waals surface area contributed by atoms with Gasteiger partial charge in [-0.1, -0.05) is 20.3 Å². The first-order chi connectivity index (χ1) is 7.76. The fourth-order valence-electron chi connectivity index (χ4n) is 1.50. The molecule has 0 fully saturated rings. The SMILES string of the molecule is CCCOc1cncc(CC(N)CCC)n1. The van der Waals surface area contributed by atoms with Crippen molar-refractivity contribution in [1.29, 1.82) is 0 Å². The Kier molecular flexibility index (Phi) is 5.78. The van der Waals surface area contributed by atoms with E-state index in [1.165, 1.54) is 0 Å². The van der Waals surface area contributed by atoms with Crippen molar-refractivity contribution >= 4 is 0 Å². The number of aromatic nitrogens is 2. The van der Waals surface area contributed by atoms with Gasteiger partial charge in [0.25, 0.3) is 0 Å².